The maximum atomic E-state index is 12.0. The second-order valence-electron chi connectivity index (χ2n) is 7.95. The van der Waals surface area contributed by atoms with Gasteiger partial charge in [-0.15, -0.1) is 0 Å². The van der Waals surface area contributed by atoms with E-state index < -0.39 is 0 Å². The van der Waals surface area contributed by atoms with Crippen LogP contribution in [0.4, 0.5) is 0 Å². The van der Waals surface area contributed by atoms with Crippen LogP contribution >= 0.6 is 0 Å². The number of hydrogen-bond acceptors (Lipinski definition) is 1. The van der Waals surface area contributed by atoms with Crippen molar-refractivity contribution in [3.63, 3.8) is 0 Å². The van der Waals surface area contributed by atoms with Crippen molar-refractivity contribution in [2.24, 2.45) is 35.0 Å². The van der Waals surface area contributed by atoms with Crippen LogP contribution in [-0.4, -0.2) is 6.29 Å². The van der Waals surface area contributed by atoms with Crippen molar-refractivity contribution < 1.29 is 4.79 Å². The molecule has 4 aliphatic carbocycles. The fourth-order valence-corrected chi connectivity index (χ4v) is 6.81. The maximum absolute atomic E-state index is 12.0. The highest BCUT2D eigenvalue weighted by Crippen LogP contribution is 2.62. The number of carbonyl (C=O) groups is 1. The molecule has 0 amide bonds. The monoisotopic (exact) mass is 260 g/mol. The molecule has 4 fully saturated rings. The van der Waals surface area contributed by atoms with Crippen LogP contribution in [0.25, 0.3) is 0 Å². The summed E-state index contributed by atoms with van der Waals surface area (Å²) in [4.78, 5) is 12.0. The van der Waals surface area contributed by atoms with Gasteiger partial charge in [-0.3, -0.25) is 0 Å². The Morgan fingerprint density at radius 1 is 0.789 bits per heavy atom. The van der Waals surface area contributed by atoms with E-state index in [9.17, 15) is 4.79 Å². The topological polar surface area (TPSA) is 17.1 Å². The van der Waals surface area contributed by atoms with Gasteiger partial charge in [0.1, 0.15) is 6.29 Å². The summed E-state index contributed by atoms with van der Waals surface area (Å²) in [6.45, 7) is 0. The molecular weight excluding hydrogens is 232 g/mol. The molecule has 106 valence electrons. The Kier molecular flexibility index (Phi) is 3.01. The molecule has 1 nitrogen and oxygen atoms in total. The second-order valence-corrected chi connectivity index (χ2v) is 7.95. The van der Waals surface area contributed by atoms with Crippen molar-refractivity contribution in [3.8, 4) is 0 Å². The standard InChI is InChI=1S/C18H28O/c19-12-18-11-3-5-14(18)8-9-16-15-6-2-1-4-13(15)7-10-17(16)18/h12-17H,1-11H2/t13?,14-,15-,16+,17+,18?/m0/s1. The number of fused-ring (bicyclic) bond motifs is 5. The highest BCUT2D eigenvalue weighted by molar-refractivity contribution is 5.62. The molecule has 0 aromatic heterocycles. The number of hydrogen-bond donors (Lipinski definition) is 0. The molecule has 6 atom stereocenters. The van der Waals surface area contributed by atoms with Crippen LogP contribution in [0, 0.1) is 35.0 Å². The molecule has 2 unspecified atom stereocenters. The Hall–Kier alpha value is -0.330. The molecule has 0 aromatic rings. The molecule has 4 saturated carbocycles. The second kappa shape index (κ2) is 4.60. The molecule has 4 aliphatic rings. The van der Waals surface area contributed by atoms with E-state index in [0.29, 0.717) is 0 Å². The summed E-state index contributed by atoms with van der Waals surface area (Å²) in [5, 5.41) is 0. The molecule has 4 rings (SSSR count). The minimum Gasteiger partial charge on any atom is -0.303 e. The number of rotatable bonds is 1. The van der Waals surface area contributed by atoms with E-state index >= 15 is 0 Å². The van der Waals surface area contributed by atoms with Gasteiger partial charge >= 0.3 is 0 Å². The third-order valence-electron chi connectivity index (χ3n) is 7.56. The molecule has 0 heterocycles. The van der Waals surface area contributed by atoms with Crippen LogP contribution in [0.1, 0.15) is 70.6 Å². The third-order valence-corrected chi connectivity index (χ3v) is 7.56. The summed E-state index contributed by atoms with van der Waals surface area (Å²) in [6, 6.07) is 0. The van der Waals surface area contributed by atoms with Crippen molar-refractivity contribution in [3.05, 3.63) is 0 Å². The zero-order chi connectivity index (χ0) is 12.9. The van der Waals surface area contributed by atoms with Crippen molar-refractivity contribution in [1.29, 1.82) is 0 Å². The van der Waals surface area contributed by atoms with Crippen LogP contribution in [0.2, 0.25) is 0 Å². The summed E-state index contributed by atoms with van der Waals surface area (Å²) < 4.78 is 0. The van der Waals surface area contributed by atoms with Crippen LogP contribution < -0.4 is 0 Å². The van der Waals surface area contributed by atoms with Gasteiger partial charge in [0.25, 0.3) is 0 Å². The normalized spacial score (nSPS) is 52.9. The molecule has 0 aliphatic heterocycles. The van der Waals surface area contributed by atoms with Gasteiger partial charge in [0.15, 0.2) is 0 Å². The van der Waals surface area contributed by atoms with Crippen molar-refractivity contribution in [2.75, 3.05) is 0 Å². The number of carbonyl (C=O) groups excluding carboxylic acids is 1. The van der Waals surface area contributed by atoms with E-state index in [1.54, 1.807) is 0 Å². The average molecular weight is 260 g/mol. The van der Waals surface area contributed by atoms with Crippen LogP contribution in [0.3, 0.4) is 0 Å². The van der Waals surface area contributed by atoms with Gasteiger partial charge in [0.2, 0.25) is 0 Å². The van der Waals surface area contributed by atoms with Gasteiger partial charge in [-0.05, 0) is 74.5 Å². The fraction of sp³-hybridized carbons (Fsp3) is 0.944. The Labute approximate surface area is 117 Å². The van der Waals surface area contributed by atoms with Gasteiger partial charge in [-0.2, -0.15) is 0 Å². The van der Waals surface area contributed by atoms with Crippen molar-refractivity contribution in [1.82, 2.24) is 0 Å². The third kappa shape index (κ3) is 1.69. The van der Waals surface area contributed by atoms with Crippen molar-refractivity contribution in [2.45, 2.75) is 70.6 Å². The molecule has 1 heteroatoms. The van der Waals surface area contributed by atoms with E-state index in [1.165, 1.54) is 76.9 Å². The molecule has 0 spiro atoms. The maximum Gasteiger partial charge on any atom is 0.126 e. The Bertz CT molecular complexity index is 363. The predicted octanol–water partition coefficient (Wildman–Crippen LogP) is 4.60. The highest BCUT2D eigenvalue weighted by atomic mass is 16.1. The molecule has 19 heavy (non-hydrogen) atoms. The molecule has 0 radical (unpaired) electrons. The fourth-order valence-electron chi connectivity index (χ4n) is 6.81. The quantitative estimate of drug-likeness (QED) is 0.630. The van der Waals surface area contributed by atoms with E-state index in [-0.39, 0.29) is 5.41 Å². The van der Waals surface area contributed by atoms with E-state index in [1.807, 2.05) is 0 Å². The van der Waals surface area contributed by atoms with Crippen molar-refractivity contribution >= 4 is 6.29 Å². The lowest BCUT2D eigenvalue weighted by Gasteiger charge is -2.55. The first kappa shape index (κ1) is 12.4. The number of aldehydes is 1. The van der Waals surface area contributed by atoms with Crippen LogP contribution in [-0.2, 0) is 4.79 Å². The van der Waals surface area contributed by atoms with Gasteiger partial charge in [-0.1, -0.05) is 25.7 Å². The SMILES string of the molecule is O=CC12CCC[C@H]1CC[C@H]1[C@H]2CCC2CCCC[C@@H]21. The minimum atomic E-state index is 0.130. The minimum absolute atomic E-state index is 0.130. The first-order valence-corrected chi connectivity index (χ1v) is 8.81. The summed E-state index contributed by atoms with van der Waals surface area (Å²) in [7, 11) is 0. The lowest BCUT2D eigenvalue weighted by molar-refractivity contribution is -0.134. The molecule has 0 bridgehead atoms. The van der Waals surface area contributed by atoms with Crippen LogP contribution in [0.5, 0.6) is 0 Å². The van der Waals surface area contributed by atoms with Gasteiger partial charge in [0.05, 0.1) is 0 Å². The van der Waals surface area contributed by atoms with Gasteiger partial charge in [-0.25, -0.2) is 0 Å². The summed E-state index contributed by atoms with van der Waals surface area (Å²) in [5.74, 6) is 4.46. The van der Waals surface area contributed by atoms with E-state index in [2.05, 4.69) is 0 Å². The summed E-state index contributed by atoms with van der Waals surface area (Å²) in [6.07, 6.45) is 16.9. The first-order chi connectivity index (χ1) is 9.35. The van der Waals surface area contributed by atoms with E-state index in [4.69, 9.17) is 0 Å². The smallest absolute Gasteiger partial charge is 0.126 e. The lowest BCUT2D eigenvalue weighted by Crippen LogP contribution is -2.50. The Morgan fingerprint density at radius 2 is 1.68 bits per heavy atom. The first-order valence-electron chi connectivity index (χ1n) is 8.81. The summed E-state index contributed by atoms with van der Waals surface area (Å²) >= 11 is 0. The lowest BCUT2D eigenvalue weighted by atomic mass is 9.49. The van der Waals surface area contributed by atoms with Gasteiger partial charge in [0, 0.05) is 5.41 Å². The summed E-state index contributed by atoms with van der Waals surface area (Å²) in [5.41, 5.74) is 0.130. The van der Waals surface area contributed by atoms with E-state index in [0.717, 1.165) is 29.6 Å². The molecular formula is C18H28O. The highest BCUT2D eigenvalue weighted by Gasteiger charge is 2.56. The molecule has 0 saturated heterocycles. The molecule has 0 aromatic carbocycles. The van der Waals surface area contributed by atoms with Crippen LogP contribution in [0.15, 0.2) is 0 Å². The Balaban J connectivity index is 1.65. The zero-order valence-electron chi connectivity index (χ0n) is 12.2. The average Bonchev–Trinajstić information content (AvgIpc) is 2.91. The Morgan fingerprint density at radius 3 is 2.58 bits per heavy atom. The largest absolute Gasteiger partial charge is 0.303 e. The predicted molar refractivity (Wildman–Crippen MR) is 76.7 cm³/mol. The zero-order valence-corrected chi connectivity index (χ0v) is 12.2. The van der Waals surface area contributed by atoms with Gasteiger partial charge < -0.3 is 4.79 Å². The molecule has 0 N–H and O–H groups in total.